The van der Waals surface area contributed by atoms with Crippen LogP contribution in [0.3, 0.4) is 0 Å². The summed E-state index contributed by atoms with van der Waals surface area (Å²) in [5.41, 5.74) is 2.43. The lowest BCUT2D eigenvalue weighted by molar-refractivity contribution is -0.133. The van der Waals surface area contributed by atoms with Crippen molar-refractivity contribution >= 4 is 5.91 Å². The van der Waals surface area contributed by atoms with Gasteiger partial charge in [-0.3, -0.25) is 4.79 Å². The van der Waals surface area contributed by atoms with E-state index in [4.69, 9.17) is 0 Å². The molecular weight excluding hydrogens is 234 g/mol. The highest BCUT2D eigenvalue weighted by molar-refractivity contribution is 5.80. The molecule has 1 aromatic carbocycles. The summed E-state index contributed by atoms with van der Waals surface area (Å²) in [4.78, 5) is 14.9. The number of benzene rings is 1. The molecule has 102 valence electrons. The molecule has 0 spiro atoms. The van der Waals surface area contributed by atoms with Crippen LogP contribution in [0.25, 0.3) is 0 Å². The molecule has 0 atom stereocenters. The summed E-state index contributed by atoms with van der Waals surface area (Å²) in [5.74, 6) is 0.351. The maximum Gasteiger partial charge on any atom is 0.227 e. The topological polar surface area (TPSA) is 20.3 Å². The Bertz CT molecular complexity index is 458. The van der Waals surface area contributed by atoms with Crippen molar-refractivity contribution in [2.75, 3.05) is 0 Å². The van der Waals surface area contributed by atoms with Crippen molar-refractivity contribution in [2.45, 2.75) is 64.0 Å². The second kappa shape index (κ2) is 5.36. The number of carbonyl (C=O) groups excluding carboxylic acids is 1. The first kappa shape index (κ1) is 12.7. The highest BCUT2D eigenvalue weighted by Gasteiger charge is 2.38. The predicted octanol–water partition coefficient (Wildman–Crippen LogP) is 3.47. The lowest BCUT2D eigenvalue weighted by Gasteiger charge is -2.29. The van der Waals surface area contributed by atoms with Crippen molar-refractivity contribution in [1.82, 2.24) is 4.90 Å². The van der Waals surface area contributed by atoms with Gasteiger partial charge in [-0.25, -0.2) is 0 Å². The minimum atomic E-state index is 0.351. The number of hydrogen-bond acceptors (Lipinski definition) is 1. The van der Waals surface area contributed by atoms with Crippen molar-refractivity contribution in [2.24, 2.45) is 0 Å². The van der Waals surface area contributed by atoms with E-state index in [1.54, 1.807) is 0 Å². The van der Waals surface area contributed by atoms with Crippen molar-refractivity contribution in [3.63, 3.8) is 0 Å². The second-order valence-corrected chi connectivity index (χ2v) is 6.07. The van der Waals surface area contributed by atoms with Crippen LogP contribution in [0.4, 0.5) is 0 Å². The van der Waals surface area contributed by atoms with Crippen molar-refractivity contribution < 1.29 is 4.79 Å². The molecule has 0 aliphatic heterocycles. The van der Waals surface area contributed by atoms with Gasteiger partial charge < -0.3 is 4.90 Å². The van der Waals surface area contributed by atoms with Gasteiger partial charge in [-0.05, 0) is 43.7 Å². The number of hydrogen-bond donors (Lipinski definition) is 0. The number of aryl methyl sites for hydroxylation is 1. The van der Waals surface area contributed by atoms with Crippen LogP contribution in [-0.2, 0) is 11.2 Å². The molecule has 2 aliphatic carbocycles. The first-order valence-electron chi connectivity index (χ1n) is 7.61. The fraction of sp³-hybridized carbons (Fsp3) is 0.588. The van der Waals surface area contributed by atoms with Gasteiger partial charge in [0.25, 0.3) is 0 Å². The van der Waals surface area contributed by atoms with E-state index in [-0.39, 0.29) is 0 Å². The Morgan fingerprint density at radius 3 is 2.37 bits per heavy atom. The van der Waals surface area contributed by atoms with E-state index in [2.05, 4.69) is 24.0 Å². The molecule has 0 bridgehead atoms. The maximum absolute atomic E-state index is 12.7. The van der Waals surface area contributed by atoms with Gasteiger partial charge in [0.15, 0.2) is 0 Å². The molecule has 0 radical (unpaired) electrons. The smallest absolute Gasteiger partial charge is 0.227 e. The second-order valence-electron chi connectivity index (χ2n) is 6.07. The van der Waals surface area contributed by atoms with Gasteiger partial charge in [0.2, 0.25) is 5.91 Å². The first-order chi connectivity index (χ1) is 9.25. The maximum atomic E-state index is 12.7. The summed E-state index contributed by atoms with van der Waals surface area (Å²) in [5, 5.41) is 0. The number of rotatable bonds is 4. The molecule has 2 fully saturated rings. The van der Waals surface area contributed by atoms with Gasteiger partial charge in [-0.2, -0.15) is 0 Å². The SMILES string of the molecule is Cc1ccccc1CC(=O)N(C1CCCC1)C1CC1. The first-order valence-corrected chi connectivity index (χ1v) is 7.61. The molecule has 2 nitrogen and oxygen atoms in total. The summed E-state index contributed by atoms with van der Waals surface area (Å²) in [6.07, 6.45) is 8.05. The van der Waals surface area contributed by atoms with Gasteiger partial charge in [0.05, 0.1) is 6.42 Å². The zero-order chi connectivity index (χ0) is 13.2. The zero-order valence-electron chi connectivity index (χ0n) is 11.8. The van der Waals surface area contributed by atoms with Crippen molar-refractivity contribution in [3.05, 3.63) is 35.4 Å². The number of amides is 1. The molecule has 1 amide bonds. The molecule has 1 aromatic rings. The van der Waals surface area contributed by atoms with E-state index < -0.39 is 0 Å². The lowest BCUT2D eigenvalue weighted by atomic mass is 10.0. The van der Waals surface area contributed by atoms with Crippen LogP contribution in [-0.4, -0.2) is 22.9 Å². The van der Waals surface area contributed by atoms with E-state index in [1.165, 1.54) is 49.7 Å². The molecule has 2 heteroatoms. The van der Waals surface area contributed by atoms with Crippen LogP contribution < -0.4 is 0 Å². The minimum absolute atomic E-state index is 0.351. The predicted molar refractivity (Wildman–Crippen MR) is 77.0 cm³/mol. The molecule has 0 aromatic heterocycles. The average molecular weight is 257 g/mol. The van der Waals surface area contributed by atoms with E-state index in [9.17, 15) is 4.79 Å². The van der Waals surface area contributed by atoms with Crippen molar-refractivity contribution in [1.29, 1.82) is 0 Å². The Hall–Kier alpha value is -1.31. The molecule has 3 rings (SSSR count). The fourth-order valence-corrected chi connectivity index (χ4v) is 3.30. The van der Waals surface area contributed by atoms with E-state index in [1.807, 2.05) is 12.1 Å². The van der Waals surface area contributed by atoms with Gasteiger partial charge in [-0.15, -0.1) is 0 Å². The Kier molecular flexibility index (Phi) is 3.58. The molecular formula is C17H23NO. The van der Waals surface area contributed by atoms with Crippen LogP contribution in [0.5, 0.6) is 0 Å². The molecule has 2 saturated carbocycles. The summed E-state index contributed by atoms with van der Waals surface area (Å²) in [6.45, 7) is 2.10. The van der Waals surface area contributed by atoms with Crippen LogP contribution in [0.15, 0.2) is 24.3 Å². The van der Waals surface area contributed by atoms with Gasteiger partial charge in [0, 0.05) is 12.1 Å². The molecule has 0 N–H and O–H groups in total. The van der Waals surface area contributed by atoms with Crippen LogP contribution in [0, 0.1) is 6.92 Å². The number of carbonyl (C=O) groups is 1. The molecule has 0 saturated heterocycles. The highest BCUT2D eigenvalue weighted by atomic mass is 16.2. The largest absolute Gasteiger partial charge is 0.336 e. The summed E-state index contributed by atoms with van der Waals surface area (Å²) in [7, 11) is 0. The third-order valence-corrected chi connectivity index (χ3v) is 4.55. The third-order valence-electron chi connectivity index (χ3n) is 4.55. The molecule has 19 heavy (non-hydrogen) atoms. The standard InChI is InChI=1S/C17H23NO/c1-13-6-2-3-7-14(13)12-17(19)18(16-10-11-16)15-8-4-5-9-15/h2-3,6-7,15-16H,4-5,8-12H2,1H3. The van der Waals surface area contributed by atoms with E-state index in [0.717, 1.165) is 0 Å². The Labute approximate surface area is 115 Å². The summed E-state index contributed by atoms with van der Waals surface area (Å²) in [6, 6.07) is 9.35. The van der Waals surface area contributed by atoms with E-state index >= 15 is 0 Å². The number of nitrogens with zero attached hydrogens (tertiary/aromatic N) is 1. The van der Waals surface area contributed by atoms with Crippen LogP contribution in [0.1, 0.15) is 49.7 Å². The van der Waals surface area contributed by atoms with Crippen molar-refractivity contribution in [3.8, 4) is 0 Å². The Morgan fingerprint density at radius 1 is 1.11 bits per heavy atom. The molecule has 2 aliphatic rings. The highest BCUT2D eigenvalue weighted by Crippen LogP contribution is 2.35. The minimum Gasteiger partial charge on any atom is -0.336 e. The third kappa shape index (κ3) is 2.83. The fourth-order valence-electron chi connectivity index (χ4n) is 3.30. The van der Waals surface area contributed by atoms with Gasteiger partial charge in [0.1, 0.15) is 0 Å². The summed E-state index contributed by atoms with van der Waals surface area (Å²) >= 11 is 0. The normalized spacial score (nSPS) is 19.6. The van der Waals surface area contributed by atoms with Gasteiger partial charge in [-0.1, -0.05) is 37.1 Å². The Balaban J connectivity index is 1.72. The zero-order valence-corrected chi connectivity index (χ0v) is 11.8. The van der Waals surface area contributed by atoms with Gasteiger partial charge >= 0.3 is 0 Å². The Morgan fingerprint density at radius 2 is 1.74 bits per heavy atom. The average Bonchev–Trinajstić information content (AvgIpc) is 3.07. The molecule has 0 heterocycles. The van der Waals surface area contributed by atoms with Crippen LogP contribution in [0.2, 0.25) is 0 Å². The van der Waals surface area contributed by atoms with E-state index in [0.29, 0.717) is 24.4 Å². The monoisotopic (exact) mass is 257 g/mol. The van der Waals surface area contributed by atoms with Crippen LogP contribution >= 0.6 is 0 Å². The summed E-state index contributed by atoms with van der Waals surface area (Å²) < 4.78 is 0. The quantitative estimate of drug-likeness (QED) is 0.808. The molecule has 0 unspecified atom stereocenters. The lowest BCUT2D eigenvalue weighted by Crippen LogP contribution is -2.41.